The van der Waals surface area contributed by atoms with Gasteiger partial charge in [-0.05, 0) is 43.9 Å². The Labute approximate surface area is 173 Å². The van der Waals surface area contributed by atoms with Crippen molar-refractivity contribution in [3.63, 3.8) is 0 Å². The highest BCUT2D eigenvalue weighted by Crippen LogP contribution is 2.45. The molecular formula is C21H23NO6S. The summed E-state index contributed by atoms with van der Waals surface area (Å²) in [5.41, 5.74) is 2.86. The first kappa shape index (κ1) is 20.9. The maximum atomic E-state index is 12.5. The molecule has 1 aliphatic rings. The highest BCUT2D eigenvalue weighted by Gasteiger charge is 2.38. The Morgan fingerprint density at radius 3 is 2.59 bits per heavy atom. The van der Waals surface area contributed by atoms with E-state index in [1.165, 1.54) is 25.6 Å². The van der Waals surface area contributed by atoms with Crippen LogP contribution < -0.4 is 10.1 Å². The van der Waals surface area contributed by atoms with Crippen molar-refractivity contribution in [2.45, 2.75) is 32.6 Å². The monoisotopic (exact) mass is 417 g/mol. The van der Waals surface area contributed by atoms with Crippen molar-refractivity contribution in [2.75, 3.05) is 26.1 Å². The van der Waals surface area contributed by atoms with Crippen LogP contribution in [-0.2, 0) is 25.5 Å². The number of nitrogens with one attached hydrogen (secondary N) is 1. The summed E-state index contributed by atoms with van der Waals surface area (Å²) in [7, 11) is 2.58. The smallest absolute Gasteiger partial charge is 0.341 e. The third-order valence-corrected chi connectivity index (χ3v) is 6.03. The van der Waals surface area contributed by atoms with Crippen LogP contribution in [0.5, 0.6) is 5.75 Å². The number of carbonyl (C=O) groups excluding carboxylic acids is 3. The number of hydrogen-bond acceptors (Lipinski definition) is 7. The Morgan fingerprint density at radius 1 is 1.17 bits per heavy atom. The van der Waals surface area contributed by atoms with E-state index in [2.05, 4.69) is 5.32 Å². The molecule has 0 spiro atoms. The van der Waals surface area contributed by atoms with Crippen LogP contribution in [-0.4, -0.2) is 38.7 Å². The maximum Gasteiger partial charge on any atom is 0.341 e. The average Bonchev–Trinajstić information content (AvgIpc) is 3.24. The van der Waals surface area contributed by atoms with Crippen molar-refractivity contribution in [3.05, 3.63) is 45.3 Å². The molecule has 1 aromatic carbocycles. The van der Waals surface area contributed by atoms with Gasteiger partial charge in [-0.25, -0.2) is 4.79 Å². The normalized spacial score (nSPS) is 14.8. The van der Waals surface area contributed by atoms with Gasteiger partial charge in [-0.3, -0.25) is 9.59 Å². The molecule has 1 amide bonds. The number of rotatable bonds is 6. The Hall–Kier alpha value is -2.87. The molecule has 0 unspecified atom stereocenters. The molecule has 0 radical (unpaired) electrons. The van der Waals surface area contributed by atoms with Gasteiger partial charge in [0.25, 0.3) is 5.91 Å². The second-order valence-corrected chi connectivity index (χ2v) is 7.96. The zero-order valence-corrected chi connectivity index (χ0v) is 17.6. The minimum atomic E-state index is -0.594. The molecule has 1 atom stereocenters. The molecule has 0 bridgehead atoms. The fraction of sp³-hybridized carbons (Fsp3) is 0.381. The zero-order valence-electron chi connectivity index (χ0n) is 16.8. The van der Waals surface area contributed by atoms with E-state index in [1.807, 2.05) is 32.0 Å². The molecule has 29 heavy (non-hydrogen) atoms. The Bertz CT molecular complexity index is 964. The minimum Gasteiger partial charge on any atom is -0.483 e. The number of methoxy groups -OCH3 is 2. The van der Waals surface area contributed by atoms with Crippen LogP contribution in [0.4, 0.5) is 5.00 Å². The summed E-state index contributed by atoms with van der Waals surface area (Å²) in [4.78, 5) is 37.8. The van der Waals surface area contributed by atoms with Gasteiger partial charge in [0, 0.05) is 4.88 Å². The fourth-order valence-electron chi connectivity index (χ4n) is 3.50. The maximum absolute atomic E-state index is 12.5. The molecule has 8 heteroatoms. The van der Waals surface area contributed by atoms with Crippen LogP contribution in [0, 0.1) is 13.8 Å². The van der Waals surface area contributed by atoms with Gasteiger partial charge < -0.3 is 19.5 Å². The summed E-state index contributed by atoms with van der Waals surface area (Å²) in [6.07, 6.45) is 1.21. The predicted molar refractivity (Wildman–Crippen MR) is 109 cm³/mol. The molecule has 0 aliphatic heterocycles. The molecule has 1 aliphatic carbocycles. The van der Waals surface area contributed by atoms with Crippen LogP contribution in [0.15, 0.2) is 18.2 Å². The molecule has 7 nitrogen and oxygen atoms in total. The lowest BCUT2D eigenvalue weighted by Gasteiger charge is -2.12. The number of fused-ring (bicyclic) bond motifs is 1. The van der Waals surface area contributed by atoms with Crippen molar-refractivity contribution in [3.8, 4) is 5.75 Å². The van der Waals surface area contributed by atoms with E-state index in [1.54, 1.807) is 0 Å². The van der Waals surface area contributed by atoms with Gasteiger partial charge in [-0.1, -0.05) is 17.7 Å². The average molecular weight is 417 g/mol. The molecule has 1 N–H and O–H groups in total. The van der Waals surface area contributed by atoms with Gasteiger partial charge in [0.1, 0.15) is 10.8 Å². The number of thiophene rings is 1. The number of hydrogen-bond donors (Lipinski definition) is 1. The van der Waals surface area contributed by atoms with Crippen LogP contribution in [0.1, 0.15) is 44.3 Å². The number of anilines is 1. The van der Waals surface area contributed by atoms with Gasteiger partial charge >= 0.3 is 11.9 Å². The first-order valence-electron chi connectivity index (χ1n) is 9.17. The number of carbonyl (C=O) groups is 3. The second-order valence-electron chi connectivity index (χ2n) is 6.85. The molecular weight excluding hydrogens is 394 g/mol. The van der Waals surface area contributed by atoms with Crippen LogP contribution >= 0.6 is 11.3 Å². The van der Waals surface area contributed by atoms with Crippen molar-refractivity contribution in [1.29, 1.82) is 0 Å². The van der Waals surface area contributed by atoms with Crippen LogP contribution in [0.2, 0.25) is 0 Å². The Balaban J connectivity index is 1.79. The fourth-order valence-corrected chi connectivity index (χ4v) is 4.78. The number of benzene rings is 1. The van der Waals surface area contributed by atoms with Crippen molar-refractivity contribution in [1.82, 2.24) is 0 Å². The summed E-state index contributed by atoms with van der Waals surface area (Å²) < 4.78 is 15.4. The largest absolute Gasteiger partial charge is 0.483 e. The highest BCUT2D eigenvalue weighted by atomic mass is 32.1. The van der Waals surface area contributed by atoms with E-state index in [0.717, 1.165) is 16.0 Å². The minimum absolute atomic E-state index is 0.201. The van der Waals surface area contributed by atoms with E-state index in [9.17, 15) is 14.4 Å². The molecule has 0 saturated heterocycles. The summed E-state index contributed by atoms with van der Waals surface area (Å²) in [5, 5.41) is 3.10. The quantitative estimate of drug-likeness (QED) is 0.725. The summed E-state index contributed by atoms with van der Waals surface area (Å²) >= 11 is 1.28. The number of esters is 2. The summed E-state index contributed by atoms with van der Waals surface area (Å²) in [5.74, 6) is -1.30. The topological polar surface area (TPSA) is 90.9 Å². The van der Waals surface area contributed by atoms with E-state index in [-0.39, 0.29) is 12.2 Å². The Kier molecular flexibility index (Phi) is 6.22. The van der Waals surface area contributed by atoms with Gasteiger partial charge in [0.05, 0.1) is 25.7 Å². The number of ether oxygens (including phenoxy) is 3. The van der Waals surface area contributed by atoms with Gasteiger partial charge in [0.2, 0.25) is 0 Å². The van der Waals surface area contributed by atoms with Gasteiger partial charge in [-0.15, -0.1) is 11.3 Å². The second kappa shape index (κ2) is 8.65. The molecule has 0 saturated carbocycles. The molecule has 1 aromatic heterocycles. The first-order valence-corrected chi connectivity index (χ1v) is 9.99. The van der Waals surface area contributed by atoms with Crippen LogP contribution in [0.25, 0.3) is 0 Å². The molecule has 3 rings (SSSR count). The van der Waals surface area contributed by atoms with Crippen molar-refractivity contribution in [2.24, 2.45) is 0 Å². The van der Waals surface area contributed by atoms with E-state index in [4.69, 9.17) is 14.2 Å². The zero-order chi connectivity index (χ0) is 21.1. The standard InChI is InChI=1S/C21H23NO6S/c1-11-5-7-14(12(2)9-11)28-10-16(23)22-19-18(21(25)27-4)17-13(20(24)26-3)6-8-15(17)29-19/h5,7,9,13H,6,8,10H2,1-4H3,(H,22,23)/t13-/m0/s1. The molecule has 154 valence electrons. The van der Waals surface area contributed by atoms with Gasteiger partial charge in [-0.2, -0.15) is 0 Å². The molecule has 1 heterocycles. The van der Waals surface area contributed by atoms with Crippen molar-refractivity contribution < 1.29 is 28.6 Å². The van der Waals surface area contributed by atoms with Gasteiger partial charge in [0.15, 0.2) is 6.61 Å². The number of aryl methyl sites for hydroxylation is 3. The van der Waals surface area contributed by atoms with Crippen LogP contribution in [0.3, 0.4) is 0 Å². The summed E-state index contributed by atoms with van der Waals surface area (Å²) in [6, 6.07) is 5.70. The van der Waals surface area contributed by atoms with E-state index >= 15 is 0 Å². The lowest BCUT2D eigenvalue weighted by atomic mass is 9.99. The highest BCUT2D eigenvalue weighted by molar-refractivity contribution is 7.17. The molecule has 2 aromatic rings. The van der Waals surface area contributed by atoms with E-state index < -0.39 is 23.8 Å². The summed E-state index contributed by atoms with van der Waals surface area (Å²) in [6.45, 7) is 3.69. The third-order valence-electron chi connectivity index (χ3n) is 4.85. The molecule has 0 fully saturated rings. The Morgan fingerprint density at radius 2 is 1.93 bits per heavy atom. The van der Waals surface area contributed by atoms with E-state index in [0.29, 0.717) is 29.2 Å². The first-order chi connectivity index (χ1) is 13.8. The predicted octanol–water partition coefficient (Wildman–Crippen LogP) is 3.37. The lowest BCUT2D eigenvalue weighted by molar-refractivity contribution is -0.142. The lowest BCUT2D eigenvalue weighted by Crippen LogP contribution is -2.22. The number of amides is 1. The SMILES string of the molecule is COC(=O)c1c(NC(=O)COc2ccc(C)cc2C)sc2c1[C@@H](C(=O)OC)CC2. The third kappa shape index (κ3) is 4.27. The van der Waals surface area contributed by atoms with Crippen molar-refractivity contribution >= 4 is 34.2 Å².